The molecule has 0 fully saturated rings. The van der Waals surface area contributed by atoms with Crippen molar-refractivity contribution in [2.75, 3.05) is 14.2 Å². The molecule has 7 heteroatoms. The fourth-order valence-electron chi connectivity index (χ4n) is 4.42. The Morgan fingerprint density at radius 2 is 1.81 bits per heavy atom. The van der Waals surface area contributed by atoms with Gasteiger partial charge in [0.15, 0.2) is 0 Å². The molecule has 0 radical (unpaired) electrons. The van der Waals surface area contributed by atoms with E-state index in [4.69, 9.17) is 9.47 Å². The molecule has 0 saturated heterocycles. The molecule has 0 bridgehead atoms. The topological polar surface area (TPSA) is 93.8 Å². The first-order chi connectivity index (χ1) is 17.4. The number of aromatic nitrogens is 2. The van der Waals surface area contributed by atoms with Crippen molar-refractivity contribution in [1.82, 2.24) is 9.78 Å². The number of methoxy groups -OCH3 is 2. The average Bonchev–Trinajstić information content (AvgIpc) is 3.33. The highest BCUT2D eigenvalue weighted by Gasteiger charge is 2.24. The first kappa shape index (κ1) is 27.0. The second-order valence-electron chi connectivity index (χ2n) is 8.96. The van der Waals surface area contributed by atoms with E-state index in [9.17, 15) is 15.0 Å². The van der Waals surface area contributed by atoms with Gasteiger partial charge in [0.05, 0.1) is 26.5 Å². The SMILES string of the molecule is CCC(=Cc1cnn(C[C@H](CCCc2ccccc2)[C@H](O)c2cc(OC)c(C)c(OC)c2)c1)C(=O)O. The van der Waals surface area contributed by atoms with Crippen LogP contribution >= 0.6 is 0 Å². The molecule has 0 spiro atoms. The van der Waals surface area contributed by atoms with E-state index in [1.165, 1.54) is 5.56 Å². The summed E-state index contributed by atoms with van der Waals surface area (Å²) < 4.78 is 12.8. The lowest BCUT2D eigenvalue weighted by Gasteiger charge is -2.25. The number of hydrogen-bond donors (Lipinski definition) is 2. The van der Waals surface area contributed by atoms with Crippen molar-refractivity contribution in [3.63, 3.8) is 0 Å². The number of hydrogen-bond acceptors (Lipinski definition) is 5. The highest BCUT2D eigenvalue weighted by atomic mass is 16.5. The van der Waals surface area contributed by atoms with Crippen molar-refractivity contribution in [2.45, 2.75) is 52.2 Å². The van der Waals surface area contributed by atoms with Crippen LogP contribution in [0.2, 0.25) is 0 Å². The van der Waals surface area contributed by atoms with E-state index in [-0.39, 0.29) is 5.92 Å². The molecule has 1 aromatic heterocycles. The third-order valence-electron chi connectivity index (χ3n) is 6.52. The molecular formula is C29H36N2O5. The van der Waals surface area contributed by atoms with Gasteiger partial charge in [0.1, 0.15) is 11.5 Å². The Morgan fingerprint density at radius 1 is 1.14 bits per heavy atom. The predicted molar refractivity (Wildman–Crippen MR) is 140 cm³/mol. The van der Waals surface area contributed by atoms with Gasteiger partial charge in [0, 0.05) is 35.4 Å². The van der Waals surface area contributed by atoms with Gasteiger partial charge in [-0.3, -0.25) is 4.68 Å². The Labute approximate surface area is 213 Å². The normalized spacial score (nSPS) is 13.3. The molecule has 192 valence electrons. The number of nitrogens with zero attached hydrogens (tertiary/aromatic N) is 2. The first-order valence-electron chi connectivity index (χ1n) is 12.3. The standard InChI is InChI=1S/C29H36N2O5/c1-5-23(29(33)34)14-22-17-30-31(18-22)19-24(13-9-12-21-10-7-6-8-11-21)28(32)25-15-26(35-3)20(2)27(16-25)36-4/h6-8,10-11,14-18,24,28,32H,5,9,12-13,19H2,1-4H3,(H,33,34)/t24-,28-/m0/s1. The van der Waals surface area contributed by atoms with Crippen LogP contribution in [-0.2, 0) is 17.8 Å². The lowest BCUT2D eigenvalue weighted by molar-refractivity contribution is -0.132. The number of aliphatic hydroxyl groups is 1. The maximum atomic E-state index is 11.5. The molecule has 7 nitrogen and oxygen atoms in total. The largest absolute Gasteiger partial charge is 0.496 e. The first-order valence-corrected chi connectivity index (χ1v) is 12.3. The summed E-state index contributed by atoms with van der Waals surface area (Å²) in [6, 6.07) is 14.0. The molecular weight excluding hydrogens is 456 g/mol. The number of carbonyl (C=O) groups is 1. The summed E-state index contributed by atoms with van der Waals surface area (Å²) in [6.07, 6.45) is 7.37. The zero-order chi connectivity index (χ0) is 26.1. The molecule has 0 amide bonds. The highest BCUT2D eigenvalue weighted by Crippen LogP contribution is 2.36. The van der Waals surface area contributed by atoms with Crippen molar-refractivity contribution in [1.29, 1.82) is 0 Å². The van der Waals surface area contributed by atoms with Gasteiger partial charge >= 0.3 is 5.97 Å². The van der Waals surface area contributed by atoms with E-state index in [0.717, 1.165) is 36.0 Å². The molecule has 0 unspecified atom stereocenters. The molecule has 0 saturated carbocycles. The average molecular weight is 493 g/mol. The number of aryl methyl sites for hydroxylation is 1. The number of aliphatic carboxylic acids is 1. The van der Waals surface area contributed by atoms with Crippen LogP contribution < -0.4 is 9.47 Å². The van der Waals surface area contributed by atoms with Crippen LogP contribution in [0.3, 0.4) is 0 Å². The zero-order valence-electron chi connectivity index (χ0n) is 21.5. The lowest BCUT2D eigenvalue weighted by atomic mass is 9.89. The summed E-state index contributed by atoms with van der Waals surface area (Å²) in [6.45, 7) is 4.22. The molecule has 36 heavy (non-hydrogen) atoms. The van der Waals surface area contributed by atoms with E-state index in [1.807, 2.05) is 50.4 Å². The summed E-state index contributed by atoms with van der Waals surface area (Å²) in [4.78, 5) is 11.4. The number of ether oxygens (including phenoxy) is 2. The zero-order valence-corrected chi connectivity index (χ0v) is 21.5. The molecule has 1 heterocycles. The number of aliphatic hydroxyl groups excluding tert-OH is 1. The maximum absolute atomic E-state index is 11.5. The Kier molecular flexibility index (Phi) is 9.70. The van der Waals surface area contributed by atoms with Gasteiger partial charge in [-0.15, -0.1) is 0 Å². The summed E-state index contributed by atoms with van der Waals surface area (Å²) in [5, 5.41) is 25.3. The van der Waals surface area contributed by atoms with Gasteiger partial charge < -0.3 is 19.7 Å². The second-order valence-corrected chi connectivity index (χ2v) is 8.96. The minimum absolute atomic E-state index is 0.132. The van der Waals surface area contributed by atoms with Gasteiger partial charge in [-0.25, -0.2) is 4.79 Å². The van der Waals surface area contributed by atoms with Crippen LogP contribution in [0.4, 0.5) is 0 Å². The Balaban J connectivity index is 1.85. The van der Waals surface area contributed by atoms with Crippen LogP contribution in [0.5, 0.6) is 11.5 Å². The molecule has 0 aliphatic heterocycles. The number of carboxylic acids is 1. The molecule has 2 aromatic carbocycles. The Bertz CT molecular complexity index is 1140. The van der Waals surface area contributed by atoms with Gasteiger partial charge in [0.25, 0.3) is 0 Å². The summed E-state index contributed by atoms with van der Waals surface area (Å²) in [5.41, 5.74) is 3.92. The molecule has 2 atom stereocenters. The van der Waals surface area contributed by atoms with Crippen molar-refractivity contribution in [2.24, 2.45) is 5.92 Å². The Morgan fingerprint density at radius 3 is 2.39 bits per heavy atom. The quantitative estimate of drug-likeness (QED) is 0.308. The van der Waals surface area contributed by atoms with Crippen molar-refractivity contribution >= 4 is 12.0 Å². The van der Waals surface area contributed by atoms with Gasteiger partial charge in [-0.05, 0) is 61.9 Å². The Hall–Kier alpha value is -3.58. The monoisotopic (exact) mass is 492 g/mol. The number of rotatable bonds is 13. The third-order valence-corrected chi connectivity index (χ3v) is 6.52. The van der Waals surface area contributed by atoms with Crippen molar-refractivity contribution in [3.8, 4) is 11.5 Å². The molecule has 0 aliphatic carbocycles. The van der Waals surface area contributed by atoms with Crippen LogP contribution in [0.1, 0.15) is 54.5 Å². The minimum atomic E-state index is -0.929. The second kappa shape index (κ2) is 12.9. The molecule has 0 aliphatic rings. The van der Waals surface area contributed by atoms with Gasteiger partial charge in [-0.1, -0.05) is 37.3 Å². The van der Waals surface area contributed by atoms with Crippen LogP contribution in [0.15, 0.2) is 60.4 Å². The fraction of sp³-hybridized carbons (Fsp3) is 0.379. The fourth-order valence-corrected chi connectivity index (χ4v) is 4.42. The minimum Gasteiger partial charge on any atom is -0.496 e. The van der Waals surface area contributed by atoms with E-state index in [2.05, 4.69) is 17.2 Å². The van der Waals surface area contributed by atoms with Crippen molar-refractivity contribution < 1.29 is 24.5 Å². The lowest BCUT2D eigenvalue weighted by Crippen LogP contribution is -2.20. The van der Waals surface area contributed by atoms with Crippen molar-refractivity contribution in [3.05, 3.63) is 82.7 Å². The molecule has 2 N–H and O–H groups in total. The molecule has 3 aromatic rings. The molecule has 3 rings (SSSR count). The van der Waals surface area contributed by atoms with E-state index >= 15 is 0 Å². The van der Waals surface area contributed by atoms with Gasteiger partial charge in [0.2, 0.25) is 0 Å². The number of carboxylic acid groups (broad SMARTS) is 1. The predicted octanol–water partition coefficient (Wildman–Crippen LogP) is 5.46. The summed E-state index contributed by atoms with van der Waals surface area (Å²) in [5.74, 6) is 0.270. The summed E-state index contributed by atoms with van der Waals surface area (Å²) in [7, 11) is 3.21. The van der Waals surface area contributed by atoms with Gasteiger partial charge in [-0.2, -0.15) is 5.10 Å². The van der Waals surface area contributed by atoms with E-state index in [1.54, 1.807) is 31.2 Å². The smallest absolute Gasteiger partial charge is 0.331 e. The van der Waals surface area contributed by atoms with E-state index in [0.29, 0.717) is 30.0 Å². The third kappa shape index (κ3) is 6.98. The van der Waals surface area contributed by atoms with Crippen LogP contribution in [-0.4, -0.2) is 40.2 Å². The maximum Gasteiger partial charge on any atom is 0.331 e. The van der Waals surface area contributed by atoms with Crippen LogP contribution in [0, 0.1) is 12.8 Å². The highest BCUT2D eigenvalue weighted by molar-refractivity contribution is 5.91. The summed E-state index contributed by atoms with van der Waals surface area (Å²) >= 11 is 0. The number of benzene rings is 2. The van der Waals surface area contributed by atoms with E-state index < -0.39 is 12.1 Å². The van der Waals surface area contributed by atoms with Crippen LogP contribution in [0.25, 0.3) is 6.08 Å².